The summed E-state index contributed by atoms with van der Waals surface area (Å²) in [5.41, 5.74) is 0. The average Bonchev–Trinajstić information content (AvgIpc) is 2.27. The Morgan fingerprint density at radius 1 is 1.12 bits per heavy atom. The Hall–Kier alpha value is -0.570. The number of nitrogens with one attached hydrogen (secondary N) is 2. The molecule has 2 rings (SSSR count). The van der Waals surface area contributed by atoms with E-state index < -0.39 is 0 Å². The van der Waals surface area contributed by atoms with Crippen molar-refractivity contribution in [3.63, 3.8) is 0 Å². The third-order valence-corrected chi connectivity index (χ3v) is 4.66. The van der Waals surface area contributed by atoms with Gasteiger partial charge in [0.25, 0.3) is 0 Å². The zero-order chi connectivity index (χ0) is 12.3. The smallest absolute Gasteiger partial charge is 0.223 e. The van der Waals surface area contributed by atoms with Crippen LogP contribution in [-0.4, -0.2) is 25.0 Å². The van der Waals surface area contributed by atoms with E-state index in [1.54, 1.807) is 0 Å². The Bertz CT molecular complexity index is 257. The quantitative estimate of drug-likeness (QED) is 0.786. The molecule has 98 valence electrons. The molecule has 2 fully saturated rings. The molecular formula is C14H26N2O. The van der Waals surface area contributed by atoms with E-state index >= 15 is 0 Å². The number of carbonyl (C=O) groups excluding carboxylic acids is 1. The van der Waals surface area contributed by atoms with Gasteiger partial charge < -0.3 is 10.6 Å². The highest BCUT2D eigenvalue weighted by Crippen LogP contribution is 2.26. The minimum atomic E-state index is 0.169. The first-order valence-corrected chi connectivity index (χ1v) is 7.19. The van der Waals surface area contributed by atoms with Gasteiger partial charge in [-0.15, -0.1) is 0 Å². The first-order valence-electron chi connectivity index (χ1n) is 7.19. The zero-order valence-corrected chi connectivity index (χ0v) is 11.2. The van der Waals surface area contributed by atoms with E-state index in [9.17, 15) is 4.79 Å². The monoisotopic (exact) mass is 238 g/mol. The van der Waals surface area contributed by atoms with Gasteiger partial charge >= 0.3 is 0 Å². The van der Waals surface area contributed by atoms with Crippen molar-refractivity contribution >= 4 is 5.91 Å². The lowest BCUT2D eigenvalue weighted by molar-refractivity contribution is -0.127. The van der Waals surface area contributed by atoms with Gasteiger partial charge in [-0.25, -0.2) is 0 Å². The molecule has 0 spiro atoms. The Balaban J connectivity index is 1.76. The Labute approximate surface area is 105 Å². The Morgan fingerprint density at radius 2 is 1.76 bits per heavy atom. The molecule has 2 N–H and O–H groups in total. The largest absolute Gasteiger partial charge is 0.353 e. The fraction of sp³-hybridized carbons (Fsp3) is 0.929. The lowest BCUT2D eigenvalue weighted by Gasteiger charge is -2.34. The van der Waals surface area contributed by atoms with Gasteiger partial charge in [0.15, 0.2) is 0 Å². The molecule has 1 saturated carbocycles. The van der Waals surface area contributed by atoms with Gasteiger partial charge in [0.05, 0.1) is 0 Å². The summed E-state index contributed by atoms with van der Waals surface area (Å²) in [4.78, 5) is 12.1. The molecule has 0 bridgehead atoms. The first-order chi connectivity index (χ1) is 8.18. The van der Waals surface area contributed by atoms with Crippen molar-refractivity contribution in [3.05, 3.63) is 0 Å². The van der Waals surface area contributed by atoms with Crippen LogP contribution in [-0.2, 0) is 4.79 Å². The standard InChI is InChI=1S/C14H26N2O/c1-10(13-8-15-9-13)14(17)16-11(2)12-6-4-3-5-7-12/h10-13,15H,3-9H2,1-2H3,(H,16,17). The van der Waals surface area contributed by atoms with Crippen molar-refractivity contribution in [1.82, 2.24) is 10.6 Å². The third-order valence-electron chi connectivity index (χ3n) is 4.66. The molecule has 2 aliphatic rings. The first kappa shape index (κ1) is 12.9. The molecule has 0 aromatic heterocycles. The van der Waals surface area contributed by atoms with Crippen LogP contribution in [0.4, 0.5) is 0 Å². The summed E-state index contributed by atoms with van der Waals surface area (Å²) in [6, 6.07) is 0.360. The van der Waals surface area contributed by atoms with E-state index in [-0.39, 0.29) is 11.8 Å². The molecule has 0 aromatic rings. The van der Waals surface area contributed by atoms with Gasteiger partial charge in [0.2, 0.25) is 5.91 Å². The van der Waals surface area contributed by atoms with Crippen molar-refractivity contribution in [2.75, 3.05) is 13.1 Å². The lowest BCUT2D eigenvalue weighted by atomic mass is 9.83. The summed E-state index contributed by atoms with van der Waals surface area (Å²) >= 11 is 0. The van der Waals surface area contributed by atoms with Gasteiger partial charge in [-0.2, -0.15) is 0 Å². The van der Waals surface area contributed by atoms with Crippen molar-refractivity contribution < 1.29 is 4.79 Å². The highest BCUT2D eigenvalue weighted by Gasteiger charge is 2.30. The molecular weight excluding hydrogens is 212 g/mol. The fourth-order valence-corrected chi connectivity index (χ4v) is 2.99. The van der Waals surface area contributed by atoms with Crippen molar-refractivity contribution in [2.24, 2.45) is 17.8 Å². The highest BCUT2D eigenvalue weighted by atomic mass is 16.1. The molecule has 17 heavy (non-hydrogen) atoms. The van der Waals surface area contributed by atoms with E-state index in [4.69, 9.17) is 0 Å². The van der Waals surface area contributed by atoms with E-state index in [0.29, 0.717) is 17.9 Å². The summed E-state index contributed by atoms with van der Waals surface area (Å²) in [6.07, 6.45) is 6.64. The maximum atomic E-state index is 12.1. The predicted molar refractivity (Wildman–Crippen MR) is 69.7 cm³/mol. The molecule has 1 aliphatic heterocycles. The number of hydrogen-bond donors (Lipinski definition) is 2. The van der Waals surface area contributed by atoms with Crippen LogP contribution in [0.25, 0.3) is 0 Å². The lowest BCUT2D eigenvalue weighted by Crippen LogP contribution is -2.51. The normalized spacial score (nSPS) is 26.0. The van der Waals surface area contributed by atoms with Crippen LogP contribution in [0.5, 0.6) is 0 Å². The van der Waals surface area contributed by atoms with Gasteiger partial charge in [0.1, 0.15) is 0 Å². The van der Waals surface area contributed by atoms with Crippen LogP contribution < -0.4 is 10.6 Å². The van der Waals surface area contributed by atoms with Gasteiger partial charge in [-0.1, -0.05) is 26.2 Å². The highest BCUT2D eigenvalue weighted by molar-refractivity contribution is 5.79. The van der Waals surface area contributed by atoms with Crippen LogP contribution in [0.3, 0.4) is 0 Å². The van der Waals surface area contributed by atoms with Crippen molar-refractivity contribution in [3.8, 4) is 0 Å². The molecule has 1 heterocycles. The van der Waals surface area contributed by atoms with Crippen LogP contribution in [0.1, 0.15) is 46.0 Å². The second-order valence-corrected chi connectivity index (χ2v) is 5.90. The molecule has 2 atom stereocenters. The second-order valence-electron chi connectivity index (χ2n) is 5.90. The summed E-state index contributed by atoms with van der Waals surface area (Å²) in [5.74, 6) is 1.69. The molecule has 3 heteroatoms. The average molecular weight is 238 g/mol. The SMILES string of the molecule is CC(NC(=O)C(C)C1CNC1)C1CCCCC1. The molecule has 3 nitrogen and oxygen atoms in total. The van der Waals surface area contributed by atoms with Crippen LogP contribution in [0, 0.1) is 17.8 Å². The van der Waals surface area contributed by atoms with Gasteiger partial charge in [-0.05, 0) is 44.7 Å². The Kier molecular flexibility index (Phi) is 4.43. The topological polar surface area (TPSA) is 41.1 Å². The van der Waals surface area contributed by atoms with Crippen molar-refractivity contribution in [2.45, 2.75) is 52.0 Å². The summed E-state index contributed by atoms with van der Waals surface area (Å²) in [6.45, 7) is 6.26. The van der Waals surface area contributed by atoms with E-state index in [1.807, 2.05) is 0 Å². The van der Waals surface area contributed by atoms with E-state index in [1.165, 1.54) is 32.1 Å². The zero-order valence-electron chi connectivity index (χ0n) is 11.2. The van der Waals surface area contributed by atoms with Crippen molar-refractivity contribution in [1.29, 1.82) is 0 Å². The number of carbonyl (C=O) groups is 1. The van der Waals surface area contributed by atoms with E-state index in [2.05, 4.69) is 24.5 Å². The molecule has 1 aliphatic carbocycles. The summed E-state index contributed by atoms with van der Waals surface area (Å²) in [5, 5.41) is 6.47. The molecule has 1 saturated heterocycles. The van der Waals surface area contributed by atoms with Crippen LogP contribution in [0.2, 0.25) is 0 Å². The summed E-state index contributed by atoms with van der Waals surface area (Å²) < 4.78 is 0. The van der Waals surface area contributed by atoms with Gasteiger partial charge in [-0.3, -0.25) is 4.79 Å². The fourth-order valence-electron chi connectivity index (χ4n) is 2.99. The molecule has 0 radical (unpaired) electrons. The summed E-state index contributed by atoms with van der Waals surface area (Å²) in [7, 11) is 0. The second kappa shape index (κ2) is 5.85. The van der Waals surface area contributed by atoms with E-state index in [0.717, 1.165) is 13.1 Å². The number of amides is 1. The minimum Gasteiger partial charge on any atom is -0.353 e. The number of rotatable bonds is 4. The maximum absolute atomic E-state index is 12.1. The van der Waals surface area contributed by atoms with Gasteiger partial charge in [0, 0.05) is 12.0 Å². The minimum absolute atomic E-state index is 0.169. The molecule has 1 amide bonds. The van der Waals surface area contributed by atoms with Crippen LogP contribution in [0.15, 0.2) is 0 Å². The maximum Gasteiger partial charge on any atom is 0.223 e. The third kappa shape index (κ3) is 3.21. The number of hydrogen-bond acceptors (Lipinski definition) is 2. The Morgan fingerprint density at radius 3 is 2.29 bits per heavy atom. The predicted octanol–water partition coefficient (Wildman–Crippen LogP) is 1.93. The molecule has 2 unspecified atom stereocenters. The van der Waals surface area contributed by atoms with Crippen LogP contribution >= 0.6 is 0 Å². The molecule has 0 aromatic carbocycles.